The minimum atomic E-state index is -3.61. The van der Waals surface area contributed by atoms with Crippen molar-refractivity contribution >= 4 is 10.0 Å². The highest BCUT2D eigenvalue weighted by atomic mass is 32.2. The van der Waals surface area contributed by atoms with Gasteiger partial charge in [-0.1, -0.05) is 49.4 Å². The molecule has 140 valence electrons. The van der Waals surface area contributed by atoms with E-state index in [0.29, 0.717) is 30.1 Å². The third-order valence-corrected chi connectivity index (χ3v) is 6.83. The Hall–Kier alpha value is -1.73. The van der Waals surface area contributed by atoms with Crippen LogP contribution in [0.4, 0.5) is 0 Å². The van der Waals surface area contributed by atoms with Crippen molar-refractivity contribution in [2.45, 2.75) is 30.9 Å². The molecule has 1 atom stereocenters. The summed E-state index contributed by atoms with van der Waals surface area (Å²) in [6.07, 6.45) is 0.968. The number of rotatable bonds is 6. The molecule has 1 heterocycles. The van der Waals surface area contributed by atoms with Crippen LogP contribution in [0, 0.1) is 0 Å². The van der Waals surface area contributed by atoms with Crippen molar-refractivity contribution in [3.05, 3.63) is 65.2 Å². The average molecular weight is 375 g/mol. The maximum absolute atomic E-state index is 13.4. The van der Waals surface area contributed by atoms with Gasteiger partial charge in [-0.3, -0.25) is 0 Å². The lowest BCUT2D eigenvalue weighted by Crippen LogP contribution is -2.48. The normalized spacial score (nSPS) is 18.8. The first-order valence-corrected chi connectivity index (χ1v) is 10.4. The number of methoxy groups -OCH3 is 1. The predicted molar refractivity (Wildman–Crippen MR) is 102 cm³/mol. The summed E-state index contributed by atoms with van der Waals surface area (Å²) in [4.78, 5) is 0.332. The fourth-order valence-corrected chi connectivity index (χ4v) is 5.21. The number of sulfonamides is 1. The Balaban J connectivity index is 1.98. The molecule has 1 fully saturated rings. The number of hydrogen-bond donors (Lipinski definition) is 1. The van der Waals surface area contributed by atoms with E-state index in [-0.39, 0.29) is 12.6 Å². The van der Waals surface area contributed by atoms with Crippen molar-refractivity contribution in [2.75, 3.05) is 26.7 Å². The lowest BCUT2D eigenvalue weighted by Gasteiger charge is -2.36. The van der Waals surface area contributed by atoms with Gasteiger partial charge in [-0.2, -0.15) is 4.31 Å². The van der Waals surface area contributed by atoms with Gasteiger partial charge in [0.15, 0.2) is 0 Å². The molecular formula is C20H26N2O3S. The highest BCUT2D eigenvalue weighted by Crippen LogP contribution is 2.30. The van der Waals surface area contributed by atoms with Crippen LogP contribution in [-0.2, 0) is 27.8 Å². The minimum Gasteiger partial charge on any atom is -0.380 e. The van der Waals surface area contributed by atoms with E-state index in [2.05, 4.69) is 24.4 Å². The second-order valence-electron chi connectivity index (χ2n) is 6.47. The fourth-order valence-electron chi connectivity index (χ4n) is 3.39. The zero-order chi connectivity index (χ0) is 18.6. The van der Waals surface area contributed by atoms with E-state index < -0.39 is 10.0 Å². The Kier molecular flexibility index (Phi) is 6.09. The Bertz CT molecular complexity index is 834. The molecule has 0 aromatic heterocycles. The first kappa shape index (κ1) is 19.0. The average Bonchev–Trinajstić information content (AvgIpc) is 2.69. The number of nitrogens with one attached hydrogen (secondary N) is 1. The molecule has 1 aliphatic heterocycles. The van der Waals surface area contributed by atoms with Crippen molar-refractivity contribution in [1.82, 2.24) is 9.62 Å². The summed E-state index contributed by atoms with van der Waals surface area (Å²) in [5.41, 5.74) is 2.95. The largest absolute Gasteiger partial charge is 0.380 e. The van der Waals surface area contributed by atoms with Crippen molar-refractivity contribution in [2.24, 2.45) is 0 Å². The van der Waals surface area contributed by atoms with Crippen LogP contribution in [0.5, 0.6) is 0 Å². The monoisotopic (exact) mass is 374 g/mol. The quantitative estimate of drug-likeness (QED) is 0.845. The molecule has 6 heteroatoms. The Labute approximate surface area is 156 Å². The molecule has 0 aliphatic carbocycles. The van der Waals surface area contributed by atoms with E-state index in [0.717, 1.165) is 12.0 Å². The van der Waals surface area contributed by atoms with Crippen molar-refractivity contribution in [3.8, 4) is 0 Å². The highest BCUT2D eigenvalue weighted by Gasteiger charge is 2.35. The second-order valence-corrected chi connectivity index (χ2v) is 8.33. The molecule has 0 radical (unpaired) electrons. The number of benzene rings is 2. The Morgan fingerprint density at radius 1 is 1.15 bits per heavy atom. The van der Waals surface area contributed by atoms with Gasteiger partial charge in [0.2, 0.25) is 10.0 Å². The van der Waals surface area contributed by atoms with Gasteiger partial charge in [-0.15, -0.1) is 0 Å². The molecule has 0 bridgehead atoms. The number of hydrogen-bond acceptors (Lipinski definition) is 4. The minimum absolute atomic E-state index is 0.213. The van der Waals surface area contributed by atoms with E-state index in [9.17, 15) is 8.42 Å². The van der Waals surface area contributed by atoms with E-state index in [1.165, 1.54) is 5.56 Å². The molecule has 26 heavy (non-hydrogen) atoms. The summed E-state index contributed by atoms with van der Waals surface area (Å²) in [5, 5.41) is 3.32. The van der Waals surface area contributed by atoms with Gasteiger partial charge in [-0.05, 0) is 29.2 Å². The molecule has 5 nitrogen and oxygen atoms in total. The van der Waals surface area contributed by atoms with Gasteiger partial charge in [0, 0.05) is 26.7 Å². The van der Waals surface area contributed by atoms with Gasteiger partial charge in [0.05, 0.1) is 17.5 Å². The smallest absolute Gasteiger partial charge is 0.244 e. The standard InChI is InChI=1S/C20H26N2O3S/c1-3-16-8-10-17(11-9-16)19-14-21-12-13-22(19)26(23,24)20-7-5-4-6-18(20)15-25-2/h4-11,19,21H,3,12-15H2,1-2H3. The molecule has 0 spiro atoms. The zero-order valence-corrected chi connectivity index (χ0v) is 16.1. The summed E-state index contributed by atoms with van der Waals surface area (Å²) in [6, 6.07) is 15.1. The number of piperazine rings is 1. The number of aryl methyl sites for hydroxylation is 1. The highest BCUT2D eigenvalue weighted by molar-refractivity contribution is 7.89. The van der Waals surface area contributed by atoms with Gasteiger partial charge < -0.3 is 10.1 Å². The topological polar surface area (TPSA) is 58.6 Å². The lowest BCUT2D eigenvalue weighted by atomic mass is 10.0. The first-order valence-electron chi connectivity index (χ1n) is 8.96. The van der Waals surface area contributed by atoms with E-state index >= 15 is 0 Å². The molecule has 1 N–H and O–H groups in total. The van der Waals surface area contributed by atoms with Crippen LogP contribution in [0.25, 0.3) is 0 Å². The van der Waals surface area contributed by atoms with E-state index in [1.807, 2.05) is 24.3 Å². The van der Waals surface area contributed by atoms with E-state index in [4.69, 9.17) is 4.74 Å². The molecule has 1 aliphatic rings. The van der Waals surface area contributed by atoms with Gasteiger partial charge in [0.25, 0.3) is 0 Å². The van der Waals surface area contributed by atoms with Gasteiger partial charge in [0.1, 0.15) is 0 Å². The third kappa shape index (κ3) is 3.83. The van der Waals surface area contributed by atoms with Crippen molar-refractivity contribution in [1.29, 1.82) is 0 Å². The Morgan fingerprint density at radius 2 is 1.88 bits per heavy atom. The lowest BCUT2D eigenvalue weighted by molar-refractivity contribution is 0.182. The van der Waals surface area contributed by atoms with Gasteiger partial charge >= 0.3 is 0 Å². The Morgan fingerprint density at radius 3 is 2.58 bits per heavy atom. The second kappa shape index (κ2) is 8.31. The van der Waals surface area contributed by atoms with Crippen LogP contribution in [0.1, 0.15) is 29.7 Å². The number of nitrogens with zero attached hydrogens (tertiary/aromatic N) is 1. The first-order chi connectivity index (χ1) is 12.6. The molecule has 1 saturated heterocycles. The fraction of sp³-hybridized carbons (Fsp3) is 0.400. The molecule has 0 saturated carbocycles. The molecule has 3 rings (SSSR count). The van der Waals surface area contributed by atoms with E-state index in [1.54, 1.807) is 23.5 Å². The van der Waals surface area contributed by atoms with Crippen LogP contribution >= 0.6 is 0 Å². The third-order valence-electron chi connectivity index (χ3n) is 4.83. The van der Waals surface area contributed by atoms with Crippen LogP contribution in [0.15, 0.2) is 53.4 Å². The molecule has 2 aromatic rings. The SMILES string of the molecule is CCc1ccc(C2CNCCN2S(=O)(=O)c2ccccc2COC)cc1. The maximum Gasteiger partial charge on any atom is 0.244 e. The summed E-state index contributed by atoms with van der Waals surface area (Å²) in [5.74, 6) is 0. The van der Waals surface area contributed by atoms with Gasteiger partial charge in [-0.25, -0.2) is 8.42 Å². The molecule has 0 amide bonds. The van der Waals surface area contributed by atoms with Crippen molar-refractivity contribution in [3.63, 3.8) is 0 Å². The molecule has 1 unspecified atom stereocenters. The van der Waals surface area contributed by atoms with Crippen LogP contribution in [0.3, 0.4) is 0 Å². The van der Waals surface area contributed by atoms with Crippen LogP contribution in [-0.4, -0.2) is 39.5 Å². The predicted octanol–water partition coefficient (Wildman–Crippen LogP) is 2.73. The van der Waals surface area contributed by atoms with Crippen LogP contribution in [0.2, 0.25) is 0 Å². The zero-order valence-electron chi connectivity index (χ0n) is 15.3. The maximum atomic E-state index is 13.4. The molecule has 2 aromatic carbocycles. The van der Waals surface area contributed by atoms with Crippen LogP contribution < -0.4 is 5.32 Å². The summed E-state index contributed by atoms with van der Waals surface area (Å²) >= 11 is 0. The summed E-state index contributed by atoms with van der Waals surface area (Å²) in [6.45, 7) is 4.09. The molecular weight excluding hydrogens is 348 g/mol. The van der Waals surface area contributed by atoms with Crippen molar-refractivity contribution < 1.29 is 13.2 Å². The summed E-state index contributed by atoms with van der Waals surface area (Å²) < 4.78 is 33.7. The number of ether oxygens (including phenoxy) is 1. The summed E-state index contributed by atoms with van der Waals surface area (Å²) in [7, 11) is -2.04.